The van der Waals surface area contributed by atoms with Crippen molar-refractivity contribution in [1.82, 2.24) is 0 Å². The van der Waals surface area contributed by atoms with E-state index in [1.165, 1.54) is 25.3 Å². The van der Waals surface area contributed by atoms with Crippen molar-refractivity contribution in [3.05, 3.63) is 84.4 Å². The Bertz CT molecular complexity index is 1270. The van der Waals surface area contributed by atoms with Gasteiger partial charge < -0.3 is 9.64 Å². The summed E-state index contributed by atoms with van der Waals surface area (Å²) in [5.41, 5.74) is 5.27. The van der Waals surface area contributed by atoms with Gasteiger partial charge in [-0.1, -0.05) is 77.9 Å². The fraction of sp³-hybridized carbons (Fsp3) is 0.457. The molecule has 2 aliphatic carbocycles. The zero-order valence-electron chi connectivity index (χ0n) is 24.1. The summed E-state index contributed by atoms with van der Waals surface area (Å²) in [7, 11) is 0. The SMILES string of the molecule is CC(=O)Oc1cccc(N(c2ccccc2)c2ccc(C3CC4CC3C(C(C)(C)C)C4C(C)(C)C)cc2)c1. The summed E-state index contributed by atoms with van der Waals surface area (Å²) in [6, 6.07) is 27.4. The van der Waals surface area contributed by atoms with Crippen molar-refractivity contribution in [3.63, 3.8) is 0 Å². The Morgan fingerprint density at radius 2 is 1.34 bits per heavy atom. The van der Waals surface area contributed by atoms with E-state index in [0.717, 1.165) is 40.7 Å². The van der Waals surface area contributed by atoms with Crippen molar-refractivity contribution in [1.29, 1.82) is 0 Å². The summed E-state index contributed by atoms with van der Waals surface area (Å²) >= 11 is 0. The molecule has 5 atom stereocenters. The summed E-state index contributed by atoms with van der Waals surface area (Å²) < 4.78 is 5.40. The van der Waals surface area contributed by atoms with Crippen molar-refractivity contribution in [2.45, 2.75) is 67.2 Å². The molecule has 3 aromatic carbocycles. The molecule has 0 N–H and O–H groups in total. The van der Waals surface area contributed by atoms with Crippen LogP contribution in [-0.2, 0) is 4.79 Å². The minimum absolute atomic E-state index is 0.313. The van der Waals surface area contributed by atoms with Crippen LogP contribution in [0.2, 0.25) is 0 Å². The van der Waals surface area contributed by atoms with Crippen molar-refractivity contribution < 1.29 is 9.53 Å². The molecule has 0 aliphatic heterocycles. The number of rotatable bonds is 5. The van der Waals surface area contributed by atoms with Gasteiger partial charge >= 0.3 is 5.97 Å². The molecule has 3 heteroatoms. The van der Waals surface area contributed by atoms with Crippen LogP contribution in [0.15, 0.2) is 78.9 Å². The average molecular weight is 510 g/mol. The third kappa shape index (κ3) is 5.13. The molecule has 0 aromatic heterocycles. The third-order valence-corrected chi connectivity index (χ3v) is 8.94. The summed E-state index contributed by atoms with van der Waals surface area (Å²) in [5, 5.41) is 0. The molecule has 0 saturated heterocycles. The van der Waals surface area contributed by atoms with E-state index in [1.807, 2.05) is 24.3 Å². The van der Waals surface area contributed by atoms with E-state index in [4.69, 9.17) is 4.74 Å². The highest BCUT2D eigenvalue weighted by atomic mass is 16.5. The lowest BCUT2D eigenvalue weighted by Crippen LogP contribution is -2.42. The van der Waals surface area contributed by atoms with Gasteiger partial charge in [-0.25, -0.2) is 0 Å². The van der Waals surface area contributed by atoms with Crippen LogP contribution in [0.3, 0.4) is 0 Å². The Balaban J connectivity index is 1.47. The Hall–Kier alpha value is -3.07. The summed E-state index contributed by atoms with van der Waals surface area (Å²) in [6.45, 7) is 16.2. The molecule has 0 amide bonds. The van der Waals surface area contributed by atoms with Crippen molar-refractivity contribution in [3.8, 4) is 5.75 Å². The molecule has 5 unspecified atom stereocenters. The van der Waals surface area contributed by atoms with Crippen LogP contribution >= 0.6 is 0 Å². The Morgan fingerprint density at radius 1 is 0.737 bits per heavy atom. The van der Waals surface area contributed by atoms with Gasteiger partial charge in [0.2, 0.25) is 0 Å². The predicted molar refractivity (Wildman–Crippen MR) is 157 cm³/mol. The van der Waals surface area contributed by atoms with Crippen molar-refractivity contribution in [2.75, 3.05) is 4.90 Å². The van der Waals surface area contributed by atoms with E-state index in [1.54, 1.807) is 0 Å². The molecule has 2 bridgehead atoms. The van der Waals surface area contributed by atoms with E-state index in [-0.39, 0.29) is 5.97 Å². The van der Waals surface area contributed by atoms with Crippen molar-refractivity contribution in [2.24, 2.45) is 34.5 Å². The number of anilines is 3. The fourth-order valence-corrected chi connectivity index (χ4v) is 7.92. The molecule has 2 aliphatic rings. The van der Waals surface area contributed by atoms with Crippen LogP contribution in [-0.4, -0.2) is 5.97 Å². The first-order valence-electron chi connectivity index (χ1n) is 14.2. The van der Waals surface area contributed by atoms with Crippen LogP contribution in [0.5, 0.6) is 5.75 Å². The number of fused-ring (bicyclic) bond motifs is 2. The lowest BCUT2D eigenvalue weighted by molar-refractivity contribution is -0.131. The van der Waals surface area contributed by atoms with Crippen LogP contribution in [0, 0.1) is 34.5 Å². The maximum atomic E-state index is 11.6. The standard InChI is InChI=1S/C35H43NO2/c1-23(37)38-29-15-11-14-28(22-29)36(26-12-9-8-10-13-26)27-18-16-24(17-19-27)30-20-25-21-31(30)33(35(5,6)7)32(25)34(2,3)4/h8-19,22,25,30-33H,20-21H2,1-7H3. The second-order valence-corrected chi connectivity index (χ2v) is 13.6. The van der Waals surface area contributed by atoms with Crippen LogP contribution < -0.4 is 9.64 Å². The largest absolute Gasteiger partial charge is 0.427 e. The van der Waals surface area contributed by atoms with E-state index >= 15 is 0 Å². The van der Waals surface area contributed by atoms with Gasteiger partial charge in [0.25, 0.3) is 0 Å². The Morgan fingerprint density at radius 3 is 1.95 bits per heavy atom. The quantitative estimate of drug-likeness (QED) is 0.253. The van der Waals surface area contributed by atoms with Gasteiger partial charge in [-0.05, 0) is 95.2 Å². The van der Waals surface area contributed by atoms with Crippen LogP contribution in [0.1, 0.15) is 72.8 Å². The number of nitrogens with zero attached hydrogens (tertiary/aromatic N) is 1. The molecule has 5 rings (SSSR count). The van der Waals surface area contributed by atoms with Gasteiger partial charge in [-0.15, -0.1) is 0 Å². The summed E-state index contributed by atoms with van der Waals surface area (Å²) in [4.78, 5) is 13.8. The summed E-state index contributed by atoms with van der Waals surface area (Å²) in [5.74, 6) is 3.98. The van der Waals surface area contributed by atoms with E-state index in [2.05, 4.69) is 101 Å². The molecular weight excluding hydrogens is 466 g/mol. The van der Waals surface area contributed by atoms with Crippen LogP contribution in [0.4, 0.5) is 17.1 Å². The zero-order chi connectivity index (χ0) is 27.2. The first-order chi connectivity index (χ1) is 17.9. The highest BCUT2D eigenvalue weighted by Gasteiger charge is 2.58. The lowest BCUT2D eigenvalue weighted by atomic mass is 9.56. The number of hydrogen-bond acceptors (Lipinski definition) is 3. The Labute approximate surface area is 229 Å². The number of benzene rings is 3. The molecule has 0 radical (unpaired) electrons. The van der Waals surface area contributed by atoms with Gasteiger partial charge in [0.05, 0.1) is 0 Å². The number of esters is 1. The molecule has 3 aromatic rings. The second kappa shape index (κ2) is 9.91. The number of carbonyl (C=O) groups excluding carboxylic acids is 1. The third-order valence-electron chi connectivity index (χ3n) is 8.94. The molecule has 38 heavy (non-hydrogen) atoms. The minimum Gasteiger partial charge on any atom is -0.427 e. The normalized spacial score (nSPS) is 24.9. The van der Waals surface area contributed by atoms with E-state index < -0.39 is 0 Å². The average Bonchev–Trinajstić information content (AvgIpc) is 3.44. The lowest BCUT2D eigenvalue weighted by Gasteiger charge is -2.48. The maximum Gasteiger partial charge on any atom is 0.308 e. The fourth-order valence-electron chi connectivity index (χ4n) is 7.92. The molecule has 0 spiro atoms. The van der Waals surface area contributed by atoms with Gasteiger partial charge in [0.1, 0.15) is 5.75 Å². The highest BCUT2D eigenvalue weighted by Crippen LogP contribution is 2.66. The predicted octanol–water partition coefficient (Wildman–Crippen LogP) is 9.53. The summed E-state index contributed by atoms with van der Waals surface area (Å²) in [6.07, 6.45) is 2.68. The number of ether oxygens (including phenoxy) is 1. The number of carbonyl (C=O) groups is 1. The monoisotopic (exact) mass is 509 g/mol. The van der Waals surface area contributed by atoms with E-state index in [9.17, 15) is 4.79 Å². The maximum absolute atomic E-state index is 11.6. The number of hydrogen-bond donors (Lipinski definition) is 0. The zero-order valence-corrected chi connectivity index (χ0v) is 24.1. The van der Waals surface area contributed by atoms with E-state index in [0.29, 0.717) is 22.5 Å². The molecular formula is C35H43NO2. The first kappa shape index (κ1) is 26.5. The molecule has 0 heterocycles. The number of para-hydroxylation sites is 1. The van der Waals surface area contributed by atoms with Gasteiger partial charge in [-0.2, -0.15) is 0 Å². The molecule has 2 saturated carbocycles. The topological polar surface area (TPSA) is 29.5 Å². The second-order valence-electron chi connectivity index (χ2n) is 13.6. The van der Waals surface area contributed by atoms with Crippen molar-refractivity contribution >= 4 is 23.0 Å². The first-order valence-corrected chi connectivity index (χ1v) is 14.2. The highest BCUT2D eigenvalue weighted by molar-refractivity contribution is 5.78. The molecule has 200 valence electrons. The van der Waals surface area contributed by atoms with Crippen LogP contribution in [0.25, 0.3) is 0 Å². The van der Waals surface area contributed by atoms with Gasteiger partial charge in [0.15, 0.2) is 0 Å². The molecule has 3 nitrogen and oxygen atoms in total. The minimum atomic E-state index is -0.314. The van der Waals surface area contributed by atoms with Gasteiger partial charge in [-0.3, -0.25) is 4.79 Å². The smallest absolute Gasteiger partial charge is 0.308 e. The molecule has 2 fully saturated rings. The Kier molecular flexibility index (Phi) is 6.92. The van der Waals surface area contributed by atoms with Gasteiger partial charge in [0, 0.05) is 30.1 Å².